The lowest BCUT2D eigenvalue weighted by Crippen LogP contribution is -2.38. The zero-order chi connectivity index (χ0) is 23.8. The van der Waals surface area contributed by atoms with Gasteiger partial charge in [-0.2, -0.15) is 8.42 Å². The van der Waals surface area contributed by atoms with Gasteiger partial charge in [-0.3, -0.25) is 9.35 Å². The number of rotatable bonds is 7. The number of amides is 1. The predicted octanol–water partition coefficient (Wildman–Crippen LogP) is 3.81. The highest BCUT2D eigenvalue weighted by atomic mass is 32.3. The van der Waals surface area contributed by atoms with E-state index in [9.17, 15) is 22.6 Å². The fourth-order valence-electron chi connectivity index (χ4n) is 3.57. The van der Waals surface area contributed by atoms with Crippen molar-refractivity contribution < 1.29 is 32.1 Å². The highest BCUT2D eigenvalue weighted by Gasteiger charge is 2.46. The number of benzene rings is 2. The molecule has 8 nitrogen and oxygen atoms in total. The van der Waals surface area contributed by atoms with E-state index in [0.29, 0.717) is 17.1 Å². The fraction of sp³-hybridized carbons (Fsp3) is 0.217. The van der Waals surface area contributed by atoms with Crippen LogP contribution in [-0.4, -0.2) is 44.8 Å². The summed E-state index contributed by atoms with van der Waals surface area (Å²) in [7, 11) is -4.50. The average Bonchev–Trinajstić information content (AvgIpc) is 3.35. The molecule has 0 bridgehead atoms. The Labute approximate surface area is 195 Å². The summed E-state index contributed by atoms with van der Waals surface area (Å²) in [5.74, 6) is -0.446. The first-order chi connectivity index (χ1) is 15.6. The largest absolute Gasteiger partial charge is 0.478 e. The number of carboxylic acid groups (broad SMARTS) is 1. The molecule has 33 heavy (non-hydrogen) atoms. The maximum absolute atomic E-state index is 13.0. The lowest BCUT2D eigenvalue weighted by Gasteiger charge is -2.21. The SMILES string of the molecule is Cc1ccc(CN2C(=O)C(Cc3ccc(-c4ccc(C(=O)O)cc4)o3)SC2S(=O)(=O)O)cc1. The number of hydrogen-bond acceptors (Lipinski definition) is 6. The Kier molecular flexibility index (Phi) is 6.33. The molecule has 2 N–H and O–H groups in total. The van der Waals surface area contributed by atoms with Gasteiger partial charge in [0.05, 0.1) is 10.8 Å². The Bertz CT molecular complexity index is 1280. The molecule has 0 aliphatic carbocycles. The fourth-order valence-corrected chi connectivity index (χ4v) is 6.16. The summed E-state index contributed by atoms with van der Waals surface area (Å²) in [4.78, 5) is 25.2. The Hall–Kier alpha value is -3.08. The lowest BCUT2D eigenvalue weighted by molar-refractivity contribution is -0.129. The minimum atomic E-state index is -4.50. The van der Waals surface area contributed by atoms with Crippen molar-refractivity contribution in [1.29, 1.82) is 0 Å². The molecule has 1 aliphatic heterocycles. The third-order valence-corrected chi connectivity index (χ3v) is 8.30. The van der Waals surface area contributed by atoms with Gasteiger partial charge in [0.15, 0.2) is 0 Å². The van der Waals surface area contributed by atoms with Crippen molar-refractivity contribution in [2.45, 2.75) is 29.8 Å². The van der Waals surface area contributed by atoms with Gasteiger partial charge in [0.1, 0.15) is 11.5 Å². The molecule has 10 heteroatoms. The van der Waals surface area contributed by atoms with Crippen LogP contribution in [0.4, 0.5) is 0 Å². The molecule has 1 amide bonds. The van der Waals surface area contributed by atoms with Crippen LogP contribution in [0.3, 0.4) is 0 Å². The number of hydrogen-bond donors (Lipinski definition) is 2. The van der Waals surface area contributed by atoms with Crippen LogP contribution in [0.2, 0.25) is 0 Å². The molecule has 1 aliphatic rings. The van der Waals surface area contributed by atoms with E-state index in [2.05, 4.69) is 0 Å². The number of aryl methyl sites for hydroxylation is 1. The van der Waals surface area contributed by atoms with Crippen LogP contribution in [0.15, 0.2) is 65.1 Å². The van der Waals surface area contributed by atoms with Gasteiger partial charge in [-0.25, -0.2) is 4.79 Å². The highest BCUT2D eigenvalue weighted by molar-refractivity contribution is 8.12. The maximum Gasteiger partial charge on any atom is 0.335 e. The third kappa shape index (κ3) is 5.13. The van der Waals surface area contributed by atoms with E-state index in [0.717, 1.165) is 22.9 Å². The third-order valence-electron chi connectivity index (χ3n) is 5.29. The van der Waals surface area contributed by atoms with Crippen molar-refractivity contribution in [3.05, 3.63) is 83.1 Å². The van der Waals surface area contributed by atoms with E-state index < -0.39 is 32.0 Å². The average molecular weight is 488 g/mol. The van der Waals surface area contributed by atoms with Gasteiger partial charge < -0.3 is 14.4 Å². The zero-order valence-electron chi connectivity index (χ0n) is 17.5. The van der Waals surface area contributed by atoms with Crippen LogP contribution in [-0.2, 0) is 27.9 Å². The summed E-state index contributed by atoms with van der Waals surface area (Å²) in [5, 5.41) is 8.28. The minimum Gasteiger partial charge on any atom is -0.478 e. The van der Waals surface area contributed by atoms with Crippen molar-refractivity contribution in [2.75, 3.05) is 0 Å². The van der Waals surface area contributed by atoms with Crippen molar-refractivity contribution in [1.82, 2.24) is 4.90 Å². The molecule has 4 rings (SSSR count). The summed E-state index contributed by atoms with van der Waals surface area (Å²) >= 11 is 0.874. The number of nitrogens with zero attached hydrogens (tertiary/aromatic N) is 1. The zero-order valence-corrected chi connectivity index (χ0v) is 19.2. The molecule has 172 valence electrons. The predicted molar refractivity (Wildman–Crippen MR) is 123 cm³/mol. The topological polar surface area (TPSA) is 125 Å². The van der Waals surface area contributed by atoms with Crippen molar-refractivity contribution >= 4 is 33.8 Å². The quantitative estimate of drug-likeness (QED) is 0.482. The Morgan fingerprint density at radius 1 is 1.06 bits per heavy atom. The van der Waals surface area contributed by atoms with Gasteiger partial charge in [-0.1, -0.05) is 42.0 Å². The first kappa shape index (κ1) is 23.1. The van der Waals surface area contributed by atoms with E-state index in [1.54, 1.807) is 24.3 Å². The second-order valence-electron chi connectivity index (χ2n) is 7.75. The molecule has 0 spiro atoms. The Balaban J connectivity index is 1.51. The number of furan rings is 1. The molecule has 3 aromatic rings. The molecule has 2 aromatic carbocycles. The monoisotopic (exact) mass is 487 g/mol. The molecule has 1 fully saturated rings. The lowest BCUT2D eigenvalue weighted by atomic mass is 10.1. The smallest absolute Gasteiger partial charge is 0.335 e. The summed E-state index contributed by atoms with van der Waals surface area (Å²) in [5.41, 5.74) is 2.63. The molecule has 0 saturated carbocycles. The van der Waals surface area contributed by atoms with E-state index in [4.69, 9.17) is 9.52 Å². The van der Waals surface area contributed by atoms with Crippen LogP contribution in [0.1, 0.15) is 27.2 Å². The molecular weight excluding hydrogens is 466 g/mol. The van der Waals surface area contributed by atoms with Gasteiger partial charge in [-0.05, 0) is 36.8 Å². The number of thioether (sulfide) groups is 1. The summed E-state index contributed by atoms with van der Waals surface area (Å²) < 4.78 is 38.1. The van der Waals surface area contributed by atoms with E-state index in [1.165, 1.54) is 17.0 Å². The molecule has 0 radical (unpaired) electrons. The molecule has 1 saturated heterocycles. The minimum absolute atomic E-state index is 0.0619. The number of aromatic carboxylic acids is 1. The summed E-state index contributed by atoms with van der Waals surface area (Å²) in [6.45, 7) is 1.99. The van der Waals surface area contributed by atoms with Gasteiger partial charge in [0.25, 0.3) is 10.1 Å². The number of carbonyl (C=O) groups is 2. The van der Waals surface area contributed by atoms with Gasteiger partial charge >= 0.3 is 5.97 Å². The first-order valence-electron chi connectivity index (χ1n) is 10.0. The highest BCUT2D eigenvalue weighted by Crippen LogP contribution is 2.38. The molecule has 2 heterocycles. The van der Waals surface area contributed by atoms with Crippen molar-refractivity contribution in [3.8, 4) is 11.3 Å². The van der Waals surface area contributed by atoms with E-state index >= 15 is 0 Å². The van der Waals surface area contributed by atoms with Gasteiger partial charge in [-0.15, -0.1) is 11.8 Å². The second kappa shape index (κ2) is 9.05. The number of carboxylic acids is 1. The molecular formula is C23H21NO7S2. The van der Waals surface area contributed by atoms with Crippen molar-refractivity contribution in [3.63, 3.8) is 0 Å². The van der Waals surface area contributed by atoms with E-state index in [1.807, 2.05) is 31.2 Å². The van der Waals surface area contributed by atoms with Gasteiger partial charge in [0.2, 0.25) is 10.6 Å². The molecule has 2 atom stereocenters. The first-order valence-corrected chi connectivity index (χ1v) is 12.5. The van der Waals surface area contributed by atoms with Crippen LogP contribution in [0.5, 0.6) is 0 Å². The second-order valence-corrected chi connectivity index (χ2v) is 10.8. The van der Waals surface area contributed by atoms with Crippen LogP contribution >= 0.6 is 11.8 Å². The van der Waals surface area contributed by atoms with Crippen LogP contribution in [0.25, 0.3) is 11.3 Å². The van der Waals surface area contributed by atoms with Crippen molar-refractivity contribution in [2.24, 2.45) is 0 Å². The Morgan fingerprint density at radius 2 is 1.73 bits per heavy atom. The molecule has 1 aromatic heterocycles. The standard InChI is InChI=1S/C23H21NO7S2/c1-14-2-4-15(5-3-14)13-24-21(25)20(32-23(24)33(28,29)30)12-18-10-11-19(31-18)16-6-8-17(9-7-16)22(26)27/h2-11,20,23H,12-13H2,1H3,(H,26,27)(H,28,29,30). The molecule has 2 unspecified atom stereocenters. The summed E-state index contributed by atoms with van der Waals surface area (Å²) in [6.07, 6.45) is 0.146. The normalized spacial score (nSPS) is 18.6. The van der Waals surface area contributed by atoms with Crippen LogP contribution < -0.4 is 0 Å². The maximum atomic E-state index is 13.0. The van der Waals surface area contributed by atoms with Crippen LogP contribution in [0, 0.1) is 6.92 Å². The van der Waals surface area contributed by atoms with E-state index in [-0.39, 0.29) is 18.5 Å². The Morgan fingerprint density at radius 3 is 2.33 bits per heavy atom. The summed E-state index contributed by atoms with van der Waals surface area (Å²) in [6, 6.07) is 17.0. The number of carbonyl (C=O) groups excluding carboxylic acids is 1. The van der Waals surface area contributed by atoms with Gasteiger partial charge in [0, 0.05) is 18.5 Å².